The van der Waals surface area contributed by atoms with Gasteiger partial charge in [-0.15, -0.1) is 0 Å². The first kappa shape index (κ1) is 16.4. The van der Waals surface area contributed by atoms with Gasteiger partial charge in [0.05, 0.1) is 12.0 Å². The molecule has 1 aromatic heterocycles. The Hall–Kier alpha value is -3.47. The number of hydrogen-bond acceptors (Lipinski definition) is 5. The highest BCUT2D eigenvalue weighted by molar-refractivity contribution is 6.06. The van der Waals surface area contributed by atoms with Crippen LogP contribution < -0.4 is 15.2 Å². The maximum absolute atomic E-state index is 7.81. The molecule has 0 aliphatic heterocycles. The van der Waals surface area contributed by atoms with Crippen molar-refractivity contribution in [1.29, 1.82) is 5.41 Å². The Balaban J connectivity index is 1.58. The largest absolute Gasteiger partial charge is 0.486 e. The predicted octanol–water partition coefficient (Wildman–Crippen LogP) is 4.49. The molecular weight excluding hydrogens is 316 g/mol. The van der Waals surface area contributed by atoms with Crippen LogP contribution in [0, 0.1) is 5.41 Å². The van der Waals surface area contributed by atoms with Crippen LogP contribution in [0.15, 0.2) is 83.6 Å². The summed E-state index contributed by atoms with van der Waals surface area (Å²) in [7, 11) is 0. The van der Waals surface area contributed by atoms with Crippen molar-refractivity contribution in [2.75, 3.05) is 0 Å². The monoisotopic (exact) mass is 334 g/mol. The highest BCUT2D eigenvalue weighted by Gasteiger charge is 2.02. The van der Waals surface area contributed by atoms with Crippen LogP contribution in [-0.4, -0.2) is 5.71 Å². The normalized spacial score (nSPS) is 10.7. The van der Waals surface area contributed by atoms with Gasteiger partial charge in [0, 0.05) is 0 Å². The molecule has 3 N–H and O–H groups in total. The maximum atomic E-state index is 7.81. The minimum Gasteiger partial charge on any atom is -0.486 e. The minimum absolute atomic E-state index is 0.354. The molecule has 0 radical (unpaired) electrons. The van der Waals surface area contributed by atoms with E-state index in [1.807, 2.05) is 60.7 Å². The van der Waals surface area contributed by atoms with Crippen molar-refractivity contribution < 1.29 is 13.9 Å². The molecule has 5 nitrogen and oxygen atoms in total. The molecule has 0 saturated carbocycles. The molecule has 0 aliphatic rings. The Morgan fingerprint density at radius 1 is 0.960 bits per heavy atom. The summed E-state index contributed by atoms with van der Waals surface area (Å²) in [6, 6.07) is 18.3. The van der Waals surface area contributed by atoms with E-state index in [-0.39, 0.29) is 0 Å². The van der Waals surface area contributed by atoms with Crippen LogP contribution in [0.1, 0.15) is 11.3 Å². The summed E-state index contributed by atoms with van der Waals surface area (Å²) in [5.74, 6) is 2.91. The van der Waals surface area contributed by atoms with E-state index in [1.165, 1.54) is 12.3 Å². The summed E-state index contributed by atoms with van der Waals surface area (Å²) >= 11 is 0. The van der Waals surface area contributed by atoms with Crippen LogP contribution in [0.5, 0.6) is 17.2 Å². The number of benzene rings is 2. The molecule has 126 valence electrons. The summed E-state index contributed by atoms with van der Waals surface area (Å²) in [5.41, 5.74) is 6.43. The molecule has 0 aliphatic carbocycles. The van der Waals surface area contributed by atoms with Gasteiger partial charge in [-0.1, -0.05) is 0 Å². The Kier molecular flexibility index (Phi) is 5.16. The average molecular weight is 334 g/mol. The third-order valence-corrected chi connectivity index (χ3v) is 3.45. The molecule has 5 heteroatoms. The zero-order valence-corrected chi connectivity index (χ0v) is 13.5. The lowest BCUT2D eigenvalue weighted by Gasteiger charge is -2.08. The number of furan rings is 1. The summed E-state index contributed by atoms with van der Waals surface area (Å²) in [6.45, 7) is 0.387. The van der Waals surface area contributed by atoms with Crippen LogP contribution >= 0.6 is 0 Å². The number of allylic oxidation sites excluding steroid dienone is 1. The SMILES string of the molecule is N=C(C=CN)c1ccc(Oc2ccc(OCc3ccco3)cc2)cc1. The molecule has 3 aromatic rings. The molecule has 0 saturated heterocycles. The molecule has 3 rings (SSSR count). The predicted molar refractivity (Wildman–Crippen MR) is 96.2 cm³/mol. The summed E-state index contributed by atoms with van der Waals surface area (Å²) in [6.07, 6.45) is 4.51. The Labute approximate surface area is 145 Å². The lowest BCUT2D eigenvalue weighted by Crippen LogP contribution is -1.96. The summed E-state index contributed by atoms with van der Waals surface area (Å²) in [4.78, 5) is 0. The second kappa shape index (κ2) is 7.88. The molecule has 0 fully saturated rings. The van der Waals surface area contributed by atoms with Crippen LogP contribution in [-0.2, 0) is 6.61 Å². The molecule has 0 bridgehead atoms. The summed E-state index contributed by atoms with van der Waals surface area (Å²) < 4.78 is 16.6. The van der Waals surface area contributed by atoms with Gasteiger partial charge in [0.15, 0.2) is 0 Å². The molecule has 25 heavy (non-hydrogen) atoms. The van der Waals surface area contributed by atoms with Crippen molar-refractivity contribution >= 4 is 5.71 Å². The smallest absolute Gasteiger partial charge is 0.146 e. The van der Waals surface area contributed by atoms with E-state index in [0.29, 0.717) is 23.8 Å². The Morgan fingerprint density at radius 3 is 2.20 bits per heavy atom. The molecule has 0 atom stereocenters. The van der Waals surface area contributed by atoms with Crippen molar-refractivity contribution in [2.45, 2.75) is 6.61 Å². The standard InChI is InChI=1S/C20H18N2O3/c21-12-11-20(22)15-3-5-17(6-4-15)25-18-9-7-16(8-10-18)24-14-19-2-1-13-23-19/h1-13,22H,14,21H2. The van der Waals surface area contributed by atoms with E-state index >= 15 is 0 Å². The van der Waals surface area contributed by atoms with Crippen molar-refractivity contribution in [3.63, 3.8) is 0 Å². The van der Waals surface area contributed by atoms with Crippen LogP contribution in [0.25, 0.3) is 0 Å². The lowest BCUT2D eigenvalue weighted by atomic mass is 10.1. The van der Waals surface area contributed by atoms with Crippen LogP contribution in [0.4, 0.5) is 0 Å². The van der Waals surface area contributed by atoms with Crippen molar-refractivity contribution in [3.05, 3.63) is 90.5 Å². The van der Waals surface area contributed by atoms with Gasteiger partial charge in [0.1, 0.15) is 29.6 Å². The van der Waals surface area contributed by atoms with Crippen LogP contribution in [0.3, 0.4) is 0 Å². The van der Waals surface area contributed by atoms with Gasteiger partial charge in [0.25, 0.3) is 0 Å². The molecule has 0 amide bonds. The quantitative estimate of drug-likeness (QED) is 0.624. The van der Waals surface area contributed by atoms with Gasteiger partial charge in [-0.3, -0.25) is 0 Å². The summed E-state index contributed by atoms with van der Waals surface area (Å²) in [5, 5.41) is 7.81. The first-order chi connectivity index (χ1) is 12.2. The molecule has 0 spiro atoms. The van der Waals surface area contributed by atoms with Crippen molar-refractivity contribution in [1.82, 2.24) is 0 Å². The molecular formula is C20H18N2O3. The third-order valence-electron chi connectivity index (χ3n) is 3.45. The fourth-order valence-corrected chi connectivity index (χ4v) is 2.18. The second-order valence-electron chi connectivity index (χ2n) is 5.24. The van der Waals surface area contributed by atoms with E-state index in [4.69, 9.17) is 25.0 Å². The van der Waals surface area contributed by atoms with Gasteiger partial charge in [-0.25, -0.2) is 0 Å². The highest BCUT2D eigenvalue weighted by Crippen LogP contribution is 2.24. The Bertz CT molecular complexity index is 836. The average Bonchev–Trinajstić information content (AvgIpc) is 3.15. The van der Waals surface area contributed by atoms with Gasteiger partial charge < -0.3 is 25.0 Å². The topological polar surface area (TPSA) is 81.5 Å². The Morgan fingerprint density at radius 2 is 1.60 bits per heavy atom. The second-order valence-corrected chi connectivity index (χ2v) is 5.24. The third kappa shape index (κ3) is 4.51. The van der Waals surface area contributed by atoms with Gasteiger partial charge >= 0.3 is 0 Å². The van der Waals surface area contributed by atoms with E-state index in [2.05, 4.69) is 0 Å². The van der Waals surface area contributed by atoms with Gasteiger partial charge in [-0.2, -0.15) is 0 Å². The number of hydrogen-bond donors (Lipinski definition) is 2. The fourth-order valence-electron chi connectivity index (χ4n) is 2.18. The van der Waals surface area contributed by atoms with E-state index in [9.17, 15) is 0 Å². The van der Waals surface area contributed by atoms with Gasteiger partial charge in [-0.05, 0) is 78.5 Å². The molecule has 2 aromatic carbocycles. The van der Waals surface area contributed by atoms with E-state index < -0.39 is 0 Å². The maximum Gasteiger partial charge on any atom is 0.146 e. The first-order valence-corrected chi connectivity index (χ1v) is 7.75. The van der Waals surface area contributed by atoms with E-state index in [1.54, 1.807) is 6.26 Å². The van der Waals surface area contributed by atoms with Crippen molar-refractivity contribution in [2.24, 2.45) is 5.73 Å². The first-order valence-electron chi connectivity index (χ1n) is 7.75. The van der Waals surface area contributed by atoms with E-state index in [0.717, 1.165) is 17.1 Å². The molecule has 0 unspecified atom stereocenters. The zero-order valence-electron chi connectivity index (χ0n) is 13.5. The number of rotatable bonds is 7. The lowest BCUT2D eigenvalue weighted by molar-refractivity contribution is 0.270. The van der Waals surface area contributed by atoms with Crippen molar-refractivity contribution in [3.8, 4) is 17.2 Å². The number of nitrogens with two attached hydrogens (primary N) is 1. The molecule has 1 heterocycles. The minimum atomic E-state index is 0.354. The zero-order chi connectivity index (χ0) is 17.5. The van der Waals surface area contributed by atoms with Gasteiger partial charge in [0.2, 0.25) is 0 Å². The number of ether oxygens (including phenoxy) is 2. The van der Waals surface area contributed by atoms with Crippen LogP contribution in [0.2, 0.25) is 0 Å². The number of nitrogens with one attached hydrogen (secondary N) is 1. The fraction of sp³-hybridized carbons (Fsp3) is 0.0500. The highest BCUT2D eigenvalue weighted by atomic mass is 16.5.